The summed E-state index contributed by atoms with van der Waals surface area (Å²) in [5, 5.41) is 6.31. The predicted octanol–water partition coefficient (Wildman–Crippen LogP) is 2.22. The Labute approximate surface area is 200 Å². The summed E-state index contributed by atoms with van der Waals surface area (Å²) >= 11 is 5.37. The van der Waals surface area contributed by atoms with Gasteiger partial charge in [0.05, 0.1) is 22.6 Å². The average Bonchev–Trinajstić information content (AvgIpc) is 3.34. The number of methoxy groups -OCH3 is 1. The van der Waals surface area contributed by atoms with Crippen LogP contribution in [-0.4, -0.2) is 64.9 Å². The second kappa shape index (κ2) is 10.3. The maximum absolute atomic E-state index is 12.9. The van der Waals surface area contributed by atoms with E-state index in [1.54, 1.807) is 30.3 Å². The molecule has 3 rings (SSSR count). The zero-order valence-corrected chi connectivity index (χ0v) is 21.2. The van der Waals surface area contributed by atoms with E-state index in [1.807, 2.05) is 0 Å². The highest BCUT2D eigenvalue weighted by atomic mass is 32.2. The van der Waals surface area contributed by atoms with Crippen molar-refractivity contribution in [2.45, 2.75) is 29.2 Å². The first kappa shape index (κ1) is 25.4. The van der Waals surface area contributed by atoms with Crippen LogP contribution in [0, 0.1) is 0 Å². The Bertz CT molecular complexity index is 1210. The lowest BCUT2D eigenvalue weighted by Gasteiger charge is -2.18. The topological polar surface area (TPSA) is 108 Å². The Hall–Kier alpha value is -2.25. The van der Waals surface area contributed by atoms with E-state index in [9.17, 15) is 16.8 Å². The summed E-state index contributed by atoms with van der Waals surface area (Å²) in [5.41, 5.74) is 1.26. The standard InChI is InChI=1S/C21H28N4O5S3/c1-24(2)32(26,27)17-8-6-16(7-9-17)15-22-21(31)23-19-14-18(10-11-20(19)30-3)33(28,29)25-12-4-5-13-25/h6-11,14H,4-5,12-13,15H2,1-3H3,(H2,22,23,31). The van der Waals surface area contributed by atoms with Crippen LogP contribution in [0.15, 0.2) is 52.3 Å². The van der Waals surface area contributed by atoms with Crippen LogP contribution in [0.1, 0.15) is 18.4 Å². The summed E-state index contributed by atoms with van der Waals surface area (Å²) in [7, 11) is -2.61. The second-order valence-electron chi connectivity index (χ2n) is 7.71. The molecule has 12 heteroatoms. The highest BCUT2D eigenvalue weighted by Crippen LogP contribution is 2.30. The lowest BCUT2D eigenvalue weighted by Crippen LogP contribution is -2.29. The molecule has 1 aliphatic heterocycles. The van der Waals surface area contributed by atoms with Crippen molar-refractivity contribution in [3.05, 3.63) is 48.0 Å². The molecule has 1 heterocycles. The lowest BCUT2D eigenvalue weighted by atomic mass is 10.2. The van der Waals surface area contributed by atoms with Crippen molar-refractivity contribution in [2.75, 3.05) is 39.6 Å². The molecule has 33 heavy (non-hydrogen) atoms. The molecule has 2 aromatic rings. The van der Waals surface area contributed by atoms with E-state index in [2.05, 4.69) is 10.6 Å². The normalized spacial score (nSPS) is 14.9. The Morgan fingerprint density at radius 3 is 2.21 bits per heavy atom. The van der Waals surface area contributed by atoms with Gasteiger partial charge in [-0.1, -0.05) is 12.1 Å². The fourth-order valence-corrected chi connectivity index (χ4v) is 5.99. The van der Waals surface area contributed by atoms with Gasteiger partial charge >= 0.3 is 0 Å². The average molecular weight is 513 g/mol. The Balaban J connectivity index is 1.68. The number of hydrogen-bond acceptors (Lipinski definition) is 6. The van der Waals surface area contributed by atoms with Gasteiger partial charge in [0.15, 0.2) is 5.11 Å². The van der Waals surface area contributed by atoms with E-state index in [1.165, 1.54) is 37.6 Å². The molecule has 0 amide bonds. The summed E-state index contributed by atoms with van der Waals surface area (Å²) in [5.74, 6) is 0.456. The van der Waals surface area contributed by atoms with Gasteiger partial charge in [0.25, 0.3) is 0 Å². The maximum Gasteiger partial charge on any atom is 0.243 e. The first-order chi connectivity index (χ1) is 15.6. The third kappa shape index (κ3) is 5.82. The molecule has 180 valence electrons. The number of benzene rings is 2. The Kier molecular flexibility index (Phi) is 7.96. The molecule has 0 bridgehead atoms. The van der Waals surface area contributed by atoms with Crippen molar-refractivity contribution in [2.24, 2.45) is 0 Å². The summed E-state index contributed by atoms with van der Waals surface area (Å²) in [4.78, 5) is 0.380. The number of rotatable bonds is 8. The molecule has 0 radical (unpaired) electrons. The van der Waals surface area contributed by atoms with Crippen LogP contribution in [0.4, 0.5) is 5.69 Å². The third-order valence-corrected chi connectivity index (χ3v) is 9.25. The highest BCUT2D eigenvalue weighted by Gasteiger charge is 2.28. The van der Waals surface area contributed by atoms with Crippen molar-refractivity contribution < 1.29 is 21.6 Å². The summed E-state index contributed by atoms with van der Waals surface area (Å²) in [6, 6.07) is 11.1. The maximum atomic E-state index is 12.9. The van der Waals surface area contributed by atoms with Crippen LogP contribution in [0.5, 0.6) is 5.75 Å². The first-order valence-electron chi connectivity index (χ1n) is 10.3. The van der Waals surface area contributed by atoms with Crippen molar-refractivity contribution in [3.8, 4) is 5.75 Å². The van der Waals surface area contributed by atoms with Crippen molar-refractivity contribution in [1.29, 1.82) is 0 Å². The molecular formula is C21H28N4O5S3. The minimum Gasteiger partial charge on any atom is -0.495 e. The molecule has 0 aromatic heterocycles. The lowest BCUT2D eigenvalue weighted by molar-refractivity contribution is 0.416. The zero-order valence-electron chi connectivity index (χ0n) is 18.7. The molecule has 2 aromatic carbocycles. The second-order valence-corrected chi connectivity index (χ2v) is 12.2. The van der Waals surface area contributed by atoms with Gasteiger partial charge in [0, 0.05) is 33.7 Å². The van der Waals surface area contributed by atoms with Crippen LogP contribution in [0.3, 0.4) is 0 Å². The van der Waals surface area contributed by atoms with Gasteiger partial charge in [-0.15, -0.1) is 0 Å². The number of nitrogens with zero attached hydrogens (tertiary/aromatic N) is 2. The summed E-state index contributed by atoms with van der Waals surface area (Å²) in [6.07, 6.45) is 1.72. The van der Waals surface area contributed by atoms with E-state index in [0.717, 1.165) is 22.7 Å². The first-order valence-corrected chi connectivity index (χ1v) is 13.6. The Morgan fingerprint density at radius 1 is 1.03 bits per heavy atom. The zero-order chi connectivity index (χ0) is 24.2. The molecule has 0 aliphatic carbocycles. The minimum absolute atomic E-state index is 0.174. The molecule has 1 fully saturated rings. The Morgan fingerprint density at radius 2 is 1.64 bits per heavy atom. The summed E-state index contributed by atoms with van der Waals surface area (Å²) in [6.45, 7) is 1.39. The van der Waals surface area contributed by atoms with Crippen molar-refractivity contribution in [1.82, 2.24) is 13.9 Å². The van der Waals surface area contributed by atoms with Crippen LogP contribution in [-0.2, 0) is 26.6 Å². The van der Waals surface area contributed by atoms with E-state index < -0.39 is 20.0 Å². The van der Waals surface area contributed by atoms with Gasteiger partial charge in [-0.05, 0) is 61.0 Å². The highest BCUT2D eigenvalue weighted by molar-refractivity contribution is 7.89. The van der Waals surface area contributed by atoms with Gasteiger partial charge in [-0.25, -0.2) is 21.1 Å². The van der Waals surface area contributed by atoms with Crippen LogP contribution < -0.4 is 15.4 Å². The largest absolute Gasteiger partial charge is 0.495 e. The smallest absolute Gasteiger partial charge is 0.243 e. The predicted molar refractivity (Wildman–Crippen MR) is 131 cm³/mol. The van der Waals surface area contributed by atoms with E-state index >= 15 is 0 Å². The van der Waals surface area contributed by atoms with Crippen LogP contribution in [0.25, 0.3) is 0 Å². The molecule has 0 unspecified atom stereocenters. The molecule has 2 N–H and O–H groups in total. The number of sulfonamides is 2. The quantitative estimate of drug-likeness (QED) is 0.519. The third-order valence-electron chi connectivity index (χ3n) is 5.28. The fourth-order valence-electron chi connectivity index (χ4n) is 3.36. The van der Waals surface area contributed by atoms with Crippen LogP contribution >= 0.6 is 12.2 Å². The number of hydrogen-bond donors (Lipinski definition) is 2. The van der Waals surface area contributed by atoms with Gasteiger partial charge < -0.3 is 15.4 Å². The number of ether oxygens (including phenoxy) is 1. The van der Waals surface area contributed by atoms with E-state index in [0.29, 0.717) is 31.1 Å². The molecule has 1 aliphatic rings. The molecular weight excluding hydrogens is 484 g/mol. The molecule has 0 spiro atoms. The molecule has 1 saturated heterocycles. The fraction of sp³-hybridized carbons (Fsp3) is 0.381. The van der Waals surface area contributed by atoms with Crippen molar-refractivity contribution >= 4 is 43.1 Å². The van der Waals surface area contributed by atoms with Gasteiger partial charge in [0.2, 0.25) is 20.0 Å². The molecule has 0 saturated carbocycles. The van der Waals surface area contributed by atoms with Gasteiger partial charge in [-0.3, -0.25) is 0 Å². The number of nitrogens with one attached hydrogen (secondary N) is 2. The van der Waals surface area contributed by atoms with Gasteiger partial charge in [-0.2, -0.15) is 4.31 Å². The number of thiocarbonyl (C=S) groups is 1. The monoisotopic (exact) mass is 512 g/mol. The summed E-state index contributed by atoms with van der Waals surface area (Å²) < 4.78 is 58.1. The number of anilines is 1. The van der Waals surface area contributed by atoms with Crippen LogP contribution in [0.2, 0.25) is 0 Å². The van der Waals surface area contributed by atoms with E-state index in [4.69, 9.17) is 17.0 Å². The SMILES string of the molecule is COc1ccc(S(=O)(=O)N2CCCC2)cc1NC(=S)NCc1ccc(S(=O)(=O)N(C)C)cc1. The van der Waals surface area contributed by atoms with Gasteiger partial charge in [0.1, 0.15) is 5.75 Å². The van der Waals surface area contributed by atoms with E-state index in [-0.39, 0.29) is 14.9 Å². The minimum atomic E-state index is -3.58. The molecule has 0 atom stereocenters. The van der Waals surface area contributed by atoms with Crippen molar-refractivity contribution in [3.63, 3.8) is 0 Å². The molecule has 9 nitrogen and oxygen atoms in total.